The van der Waals surface area contributed by atoms with E-state index >= 15 is 0 Å². The first-order chi connectivity index (χ1) is 8.56. The molecule has 1 N–H and O–H groups in total. The molecular formula is C13H10Br2FNO. The lowest BCUT2D eigenvalue weighted by molar-refractivity contribution is 0.172. The molecule has 5 heteroatoms. The number of hydrogen-bond acceptors (Lipinski definition) is 2. The Morgan fingerprint density at radius 3 is 2.56 bits per heavy atom. The normalized spacial score (nSPS) is 12.4. The monoisotopic (exact) mass is 373 g/mol. The molecule has 1 aromatic heterocycles. The van der Waals surface area contributed by atoms with Gasteiger partial charge in [0.15, 0.2) is 0 Å². The van der Waals surface area contributed by atoms with Crippen LogP contribution in [0.15, 0.2) is 45.5 Å². The summed E-state index contributed by atoms with van der Waals surface area (Å²) in [4.78, 5) is 4.15. The number of aliphatic hydroxyl groups excluding tert-OH is 1. The summed E-state index contributed by atoms with van der Waals surface area (Å²) in [5.41, 5.74) is 0.985. The summed E-state index contributed by atoms with van der Waals surface area (Å²) in [6.45, 7) is 0. The van der Waals surface area contributed by atoms with Gasteiger partial charge in [-0.05, 0) is 46.3 Å². The molecule has 0 radical (unpaired) electrons. The topological polar surface area (TPSA) is 33.1 Å². The lowest BCUT2D eigenvalue weighted by Gasteiger charge is -2.12. The first-order valence-corrected chi connectivity index (χ1v) is 6.88. The molecule has 0 aliphatic rings. The van der Waals surface area contributed by atoms with Gasteiger partial charge >= 0.3 is 0 Å². The third-order valence-electron chi connectivity index (χ3n) is 2.51. The van der Waals surface area contributed by atoms with Gasteiger partial charge in [-0.3, -0.25) is 4.98 Å². The van der Waals surface area contributed by atoms with Crippen molar-refractivity contribution >= 4 is 31.9 Å². The number of benzene rings is 1. The molecule has 2 nitrogen and oxygen atoms in total. The van der Waals surface area contributed by atoms with Gasteiger partial charge in [0.1, 0.15) is 5.82 Å². The van der Waals surface area contributed by atoms with E-state index < -0.39 is 11.9 Å². The van der Waals surface area contributed by atoms with Crippen molar-refractivity contribution in [3.8, 4) is 0 Å². The highest BCUT2D eigenvalue weighted by Gasteiger charge is 2.14. The number of nitrogens with zero attached hydrogens (tertiary/aromatic N) is 1. The van der Waals surface area contributed by atoms with Crippen molar-refractivity contribution < 1.29 is 9.50 Å². The molecule has 2 aromatic rings. The van der Waals surface area contributed by atoms with Crippen molar-refractivity contribution in [1.29, 1.82) is 0 Å². The van der Waals surface area contributed by atoms with E-state index in [0.29, 0.717) is 5.69 Å². The molecule has 1 aromatic carbocycles. The highest BCUT2D eigenvalue weighted by Crippen LogP contribution is 2.24. The van der Waals surface area contributed by atoms with Crippen molar-refractivity contribution in [2.24, 2.45) is 0 Å². The summed E-state index contributed by atoms with van der Waals surface area (Å²) in [6, 6.07) is 8.15. The SMILES string of the molecule is OC(Cc1ccc(Br)cn1)c1cc(Br)ccc1F. The number of aliphatic hydroxyl groups is 1. The molecule has 94 valence electrons. The van der Waals surface area contributed by atoms with Crippen LogP contribution in [-0.4, -0.2) is 10.1 Å². The first kappa shape index (κ1) is 13.6. The number of halogens is 3. The lowest BCUT2D eigenvalue weighted by Crippen LogP contribution is -2.05. The highest BCUT2D eigenvalue weighted by molar-refractivity contribution is 9.10. The van der Waals surface area contributed by atoms with E-state index in [9.17, 15) is 9.50 Å². The molecule has 18 heavy (non-hydrogen) atoms. The Kier molecular flexibility index (Phi) is 4.48. The Balaban J connectivity index is 2.18. The minimum absolute atomic E-state index is 0.272. The molecule has 0 bridgehead atoms. The zero-order chi connectivity index (χ0) is 13.1. The maximum absolute atomic E-state index is 13.6. The smallest absolute Gasteiger partial charge is 0.129 e. The standard InChI is InChI=1S/C13H10Br2FNO/c14-8-2-4-12(16)11(5-8)13(18)6-10-3-1-9(15)7-17-10/h1-5,7,13,18H,6H2. The van der Waals surface area contributed by atoms with Crippen molar-refractivity contribution in [2.75, 3.05) is 0 Å². The summed E-state index contributed by atoms with van der Waals surface area (Å²) < 4.78 is 15.2. The zero-order valence-corrected chi connectivity index (χ0v) is 12.4. The predicted molar refractivity (Wildman–Crippen MR) is 74.7 cm³/mol. The molecular weight excluding hydrogens is 365 g/mol. The largest absolute Gasteiger partial charge is 0.388 e. The maximum Gasteiger partial charge on any atom is 0.129 e. The highest BCUT2D eigenvalue weighted by atomic mass is 79.9. The molecule has 1 heterocycles. The van der Waals surface area contributed by atoms with Crippen LogP contribution >= 0.6 is 31.9 Å². The molecule has 1 atom stereocenters. The van der Waals surface area contributed by atoms with Crippen LogP contribution in [0, 0.1) is 5.82 Å². The Morgan fingerprint density at radius 2 is 1.89 bits per heavy atom. The third-order valence-corrected chi connectivity index (χ3v) is 3.47. The van der Waals surface area contributed by atoms with Gasteiger partial charge in [-0.25, -0.2) is 4.39 Å². The van der Waals surface area contributed by atoms with Crippen LogP contribution in [0.5, 0.6) is 0 Å². The van der Waals surface area contributed by atoms with Crippen molar-refractivity contribution in [3.63, 3.8) is 0 Å². The van der Waals surface area contributed by atoms with E-state index in [4.69, 9.17) is 0 Å². The van der Waals surface area contributed by atoms with Gasteiger partial charge in [0.25, 0.3) is 0 Å². The average molecular weight is 375 g/mol. The van der Waals surface area contributed by atoms with Gasteiger partial charge in [0.05, 0.1) is 6.10 Å². The van der Waals surface area contributed by atoms with Gasteiger partial charge in [-0.1, -0.05) is 15.9 Å². The predicted octanol–water partition coefficient (Wildman–Crippen LogP) is 4.02. The molecule has 0 saturated carbocycles. The number of rotatable bonds is 3. The average Bonchev–Trinajstić information content (AvgIpc) is 2.35. The minimum Gasteiger partial charge on any atom is -0.388 e. The molecule has 0 amide bonds. The van der Waals surface area contributed by atoms with E-state index in [2.05, 4.69) is 36.8 Å². The summed E-state index contributed by atoms with van der Waals surface area (Å²) in [5, 5.41) is 10.0. The van der Waals surface area contributed by atoms with Crippen LogP contribution in [-0.2, 0) is 6.42 Å². The molecule has 0 spiro atoms. The second-order valence-electron chi connectivity index (χ2n) is 3.85. The molecule has 2 rings (SSSR count). The number of pyridine rings is 1. The molecule has 0 aliphatic carbocycles. The van der Waals surface area contributed by atoms with Crippen LogP contribution < -0.4 is 0 Å². The number of aromatic nitrogens is 1. The Labute approximate surface area is 121 Å². The quantitative estimate of drug-likeness (QED) is 0.880. The van der Waals surface area contributed by atoms with Crippen molar-refractivity contribution in [3.05, 3.63) is 62.5 Å². The fraction of sp³-hybridized carbons (Fsp3) is 0.154. The molecule has 0 aliphatic heterocycles. The van der Waals surface area contributed by atoms with E-state index in [1.54, 1.807) is 24.4 Å². The zero-order valence-electron chi connectivity index (χ0n) is 9.28. The summed E-state index contributed by atoms with van der Waals surface area (Å²) in [6.07, 6.45) is 1.02. The van der Waals surface area contributed by atoms with E-state index in [0.717, 1.165) is 8.95 Å². The molecule has 1 unspecified atom stereocenters. The van der Waals surface area contributed by atoms with E-state index in [1.807, 2.05) is 6.07 Å². The van der Waals surface area contributed by atoms with Crippen LogP contribution in [0.2, 0.25) is 0 Å². The van der Waals surface area contributed by atoms with E-state index in [1.165, 1.54) is 6.07 Å². The lowest BCUT2D eigenvalue weighted by atomic mass is 10.0. The summed E-state index contributed by atoms with van der Waals surface area (Å²) in [7, 11) is 0. The molecule has 0 saturated heterocycles. The Hall–Kier alpha value is -0.780. The minimum atomic E-state index is -0.906. The first-order valence-electron chi connectivity index (χ1n) is 5.29. The van der Waals surface area contributed by atoms with Gasteiger partial charge in [-0.15, -0.1) is 0 Å². The van der Waals surface area contributed by atoms with Crippen LogP contribution in [0.1, 0.15) is 17.4 Å². The summed E-state index contributed by atoms with van der Waals surface area (Å²) >= 11 is 6.55. The fourth-order valence-electron chi connectivity index (χ4n) is 1.61. The number of hydrogen-bond donors (Lipinski definition) is 1. The second-order valence-corrected chi connectivity index (χ2v) is 5.68. The fourth-order valence-corrected chi connectivity index (χ4v) is 2.22. The molecule has 0 fully saturated rings. The maximum atomic E-state index is 13.6. The van der Waals surface area contributed by atoms with Crippen LogP contribution in [0.25, 0.3) is 0 Å². The van der Waals surface area contributed by atoms with Crippen LogP contribution in [0.3, 0.4) is 0 Å². The third kappa shape index (κ3) is 3.37. The van der Waals surface area contributed by atoms with E-state index in [-0.39, 0.29) is 12.0 Å². The second kappa shape index (κ2) is 5.91. The van der Waals surface area contributed by atoms with Gasteiger partial charge in [0, 0.05) is 32.8 Å². The van der Waals surface area contributed by atoms with Gasteiger partial charge in [-0.2, -0.15) is 0 Å². The van der Waals surface area contributed by atoms with Crippen molar-refractivity contribution in [2.45, 2.75) is 12.5 Å². The van der Waals surface area contributed by atoms with Gasteiger partial charge in [0.2, 0.25) is 0 Å². The van der Waals surface area contributed by atoms with Crippen LogP contribution in [0.4, 0.5) is 4.39 Å². The summed E-state index contributed by atoms with van der Waals surface area (Å²) in [5.74, 6) is -0.414. The van der Waals surface area contributed by atoms with Crippen molar-refractivity contribution in [1.82, 2.24) is 4.98 Å². The van der Waals surface area contributed by atoms with Gasteiger partial charge < -0.3 is 5.11 Å². The Morgan fingerprint density at radius 1 is 1.17 bits per heavy atom. The Bertz CT molecular complexity index is 545.